The second-order valence-corrected chi connectivity index (χ2v) is 3.90. The van der Waals surface area contributed by atoms with Crippen molar-refractivity contribution in [1.29, 1.82) is 0 Å². The lowest BCUT2D eigenvalue weighted by molar-refractivity contribution is 0.282. The summed E-state index contributed by atoms with van der Waals surface area (Å²) in [6.45, 7) is 3.92. The highest BCUT2D eigenvalue weighted by molar-refractivity contribution is 5.76. The molecule has 2 aromatic rings. The van der Waals surface area contributed by atoms with Crippen molar-refractivity contribution in [2.45, 2.75) is 26.5 Å². The number of rotatable bonds is 2. The molecule has 1 aromatic carbocycles. The van der Waals surface area contributed by atoms with E-state index in [4.69, 9.17) is 5.11 Å². The SMILES string of the molecule is CC(C)n1c(=O)[nH]c2cc(CO)ccc21. The highest BCUT2D eigenvalue weighted by atomic mass is 16.3. The molecule has 15 heavy (non-hydrogen) atoms. The minimum absolute atomic E-state index is 0.00910. The van der Waals surface area contributed by atoms with Gasteiger partial charge >= 0.3 is 5.69 Å². The van der Waals surface area contributed by atoms with Crippen LogP contribution in [0, 0.1) is 0 Å². The molecule has 2 rings (SSSR count). The van der Waals surface area contributed by atoms with E-state index in [1.54, 1.807) is 10.6 Å². The predicted octanol–water partition coefficient (Wildman–Crippen LogP) is 1.40. The Morgan fingerprint density at radius 3 is 2.80 bits per heavy atom. The molecular formula is C11H14N2O2. The highest BCUT2D eigenvalue weighted by Crippen LogP contribution is 2.16. The first-order chi connectivity index (χ1) is 7.13. The second kappa shape index (κ2) is 3.55. The third-order valence-corrected chi connectivity index (χ3v) is 2.48. The molecule has 4 heteroatoms. The van der Waals surface area contributed by atoms with E-state index in [-0.39, 0.29) is 18.3 Å². The van der Waals surface area contributed by atoms with E-state index in [1.165, 1.54) is 0 Å². The van der Waals surface area contributed by atoms with Gasteiger partial charge in [-0.25, -0.2) is 4.79 Å². The zero-order valence-electron chi connectivity index (χ0n) is 8.82. The molecule has 80 valence electrons. The number of aliphatic hydroxyl groups excluding tert-OH is 1. The number of nitrogens with zero attached hydrogens (tertiary/aromatic N) is 1. The number of benzene rings is 1. The maximum atomic E-state index is 11.6. The largest absolute Gasteiger partial charge is 0.392 e. The summed E-state index contributed by atoms with van der Waals surface area (Å²) in [6.07, 6.45) is 0. The molecule has 0 bridgehead atoms. The third kappa shape index (κ3) is 1.57. The van der Waals surface area contributed by atoms with Gasteiger partial charge in [0.15, 0.2) is 0 Å². The number of hydrogen-bond acceptors (Lipinski definition) is 2. The van der Waals surface area contributed by atoms with Crippen LogP contribution < -0.4 is 5.69 Å². The Morgan fingerprint density at radius 1 is 1.47 bits per heavy atom. The van der Waals surface area contributed by atoms with Crippen LogP contribution in [-0.4, -0.2) is 14.7 Å². The molecule has 0 radical (unpaired) electrons. The van der Waals surface area contributed by atoms with E-state index < -0.39 is 0 Å². The van der Waals surface area contributed by atoms with Crippen molar-refractivity contribution in [2.24, 2.45) is 0 Å². The summed E-state index contributed by atoms with van der Waals surface area (Å²) in [7, 11) is 0. The molecule has 0 amide bonds. The standard InChI is InChI=1S/C11H14N2O2/c1-7(2)13-10-4-3-8(6-14)5-9(10)12-11(13)15/h3-5,7,14H,6H2,1-2H3,(H,12,15). The van der Waals surface area contributed by atoms with Gasteiger partial charge in [0.2, 0.25) is 0 Å². The van der Waals surface area contributed by atoms with Gasteiger partial charge in [0.05, 0.1) is 17.6 Å². The summed E-state index contributed by atoms with van der Waals surface area (Å²) in [4.78, 5) is 14.4. The van der Waals surface area contributed by atoms with Crippen LogP contribution in [0.15, 0.2) is 23.0 Å². The molecule has 0 saturated carbocycles. The first kappa shape index (κ1) is 9.98. The quantitative estimate of drug-likeness (QED) is 0.780. The Balaban J connectivity index is 2.74. The Kier molecular flexibility index (Phi) is 2.36. The van der Waals surface area contributed by atoms with E-state index >= 15 is 0 Å². The van der Waals surface area contributed by atoms with Gasteiger partial charge in [-0.2, -0.15) is 0 Å². The highest BCUT2D eigenvalue weighted by Gasteiger charge is 2.09. The fourth-order valence-electron chi connectivity index (χ4n) is 1.79. The van der Waals surface area contributed by atoms with Gasteiger partial charge in [-0.3, -0.25) is 4.57 Å². The number of fused-ring (bicyclic) bond motifs is 1. The van der Waals surface area contributed by atoms with Crippen LogP contribution in [0.2, 0.25) is 0 Å². The van der Waals surface area contributed by atoms with Crippen molar-refractivity contribution in [3.8, 4) is 0 Å². The number of nitrogens with one attached hydrogen (secondary N) is 1. The zero-order valence-corrected chi connectivity index (χ0v) is 8.82. The minimum Gasteiger partial charge on any atom is -0.392 e. The van der Waals surface area contributed by atoms with Crippen LogP contribution in [0.3, 0.4) is 0 Å². The zero-order chi connectivity index (χ0) is 11.0. The summed E-state index contributed by atoms with van der Waals surface area (Å²) in [5.74, 6) is 0. The first-order valence-corrected chi connectivity index (χ1v) is 4.97. The van der Waals surface area contributed by atoms with E-state index in [1.807, 2.05) is 26.0 Å². The van der Waals surface area contributed by atoms with Gasteiger partial charge in [-0.1, -0.05) is 6.07 Å². The maximum absolute atomic E-state index is 11.6. The van der Waals surface area contributed by atoms with Gasteiger partial charge in [0.1, 0.15) is 0 Å². The minimum atomic E-state index is -0.102. The number of hydrogen-bond donors (Lipinski definition) is 2. The molecule has 0 unspecified atom stereocenters. The van der Waals surface area contributed by atoms with E-state index in [0.29, 0.717) is 0 Å². The lowest BCUT2D eigenvalue weighted by Gasteiger charge is -2.06. The fourth-order valence-corrected chi connectivity index (χ4v) is 1.79. The van der Waals surface area contributed by atoms with Crippen LogP contribution >= 0.6 is 0 Å². The molecule has 0 fully saturated rings. The van der Waals surface area contributed by atoms with Gasteiger partial charge < -0.3 is 10.1 Å². The average molecular weight is 206 g/mol. The molecule has 0 spiro atoms. The Morgan fingerprint density at radius 2 is 2.20 bits per heavy atom. The summed E-state index contributed by atoms with van der Waals surface area (Å²) in [5.41, 5.74) is 2.36. The van der Waals surface area contributed by atoms with E-state index in [2.05, 4.69) is 4.98 Å². The van der Waals surface area contributed by atoms with Gasteiger partial charge in [0.25, 0.3) is 0 Å². The molecular weight excluding hydrogens is 192 g/mol. The molecule has 0 aliphatic rings. The summed E-state index contributed by atoms with van der Waals surface area (Å²) in [6, 6.07) is 5.62. The Labute approximate surface area is 87.2 Å². The van der Waals surface area contributed by atoms with E-state index in [0.717, 1.165) is 16.6 Å². The van der Waals surface area contributed by atoms with Gasteiger partial charge in [0, 0.05) is 6.04 Å². The van der Waals surface area contributed by atoms with Crippen LogP contribution in [0.4, 0.5) is 0 Å². The van der Waals surface area contributed by atoms with Crippen molar-refractivity contribution in [1.82, 2.24) is 9.55 Å². The molecule has 0 aliphatic heterocycles. The topological polar surface area (TPSA) is 58.0 Å². The number of aliphatic hydroxyl groups is 1. The van der Waals surface area contributed by atoms with Crippen LogP contribution in [0.5, 0.6) is 0 Å². The summed E-state index contributed by atoms with van der Waals surface area (Å²) < 4.78 is 1.70. The van der Waals surface area contributed by atoms with Gasteiger partial charge in [-0.15, -0.1) is 0 Å². The fraction of sp³-hybridized carbons (Fsp3) is 0.364. The van der Waals surface area contributed by atoms with Crippen LogP contribution in [0.1, 0.15) is 25.5 Å². The van der Waals surface area contributed by atoms with Crippen LogP contribution in [-0.2, 0) is 6.61 Å². The van der Waals surface area contributed by atoms with Crippen molar-refractivity contribution < 1.29 is 5.11 Å². The molecule has 0 atom stereocenters. The molecule has 4 nitrogen and oxygen atoms in total. The normalized spacial score (nSPS) is 11.5. The van der Waals surface area contributed by atoms with Crippen LogP contribution in [0.25, 0.3) is 11.0 Å². The number of H-pyrrole nitrogens is 1. The van der Waals surface area contributed by atoms with Gasteiger partial charge in [-0.05, 0) is 31.5 Å². The summed E-state index contributed by atoms with van der Waals surface area (Å²) >= 11 is 0. The average Bonchev–Trinajstić information content (AvgIpc) is 2.52. The van der Waals surface area contributed by atoms with Crippen molar-refractivity contribution in [2.75, 3.05) is 0 Å². The first-order valence-electron chi connectivity index (χ1n) is 4.97. The Hall–Kier alpha value is -1.55. The smallest absolute Gasteiger partial charge is 0.326 e. The van der Waals surface area contributed by atoms with Crippen molar-refractivity contribution in [3.05, 3.63) is 34.2 Å². The second-order valence-electron chi connectivity index (χ2n) is 3.90. The molecule has 2 N–H and O–H groups in total. The predicted molar refractivity (Wildman–Crippen MR) is 58.9 cm³/mol. The van der Waals surface area contributed by atoms with Crippen molar-refractivity contribution >= 4 is 11.0 Å². The van der Waals surface area contributed by atoms with E-state index in [9.17, 15) is 4.79 Å². The molecule has 1 aromatic heterocycles. The molecule has 0 saturated heterocycles. The number of imidazole rings is 1. The lowest BCUT2D eigenvalue weighted by atomic mass is 10.2. The lowest BCUT2D eigenvalue weighted by Crippen LogP contribution is -2.18. The number of aromatic amines is 1. The number of aromatic nitrogens is 2. The molecule has 1 heterocycles. The molecule has 0 aliphatic carbocycles. The summed E-state index contributed by atoms with van der Waals surface area (Å²) in [5, 5.41) is 8.98. The Bertz CT molecular complexity index is 537. The monoisotopic (exact) mass is 206 g/mol. The third-order valence-electron chi connectivity index (χ3n) is 2.48. The maximum Gasteiger partial charge on any atom is 0.326 e. The van der Waals surface area contributed by atoms with Crippen molar-refractivity contribution in [3.63, 3.8) is 0 Å².